The van der Waals surface area contributed by atoms with Crippen LogP contribution in [0.4, 0.5) is 0 Å². The first-order valence-corrected chi connectivity index (χ1v) is 8.01. The van der Waals surface area contributed by atoms with E-state index in [0.29, 0.717) is 4.47 Å². The van der Waals surface area contributed by atoms with E-state index >= 15 is 0 Å². The molecule has 0 unspecified atom stereocenters. The first-order valence-electron chi connectivity index (χ1n) is 4.98. The summed E-state index contributed by atoms with van der Waals surface area (Å²) in [5.41, 5.74) is 4.71. The molecule has 0 fully saturated rings. The van der Waals surface area contributed by atoms with Gasteiger partial charge < -0.3 is 5.73 Å². The number of nitrogens with one attached hydrogen (secondary N) is 1. The lowest BCUT2D eigenvalue weighted by Crippen LogP contribution is -2.48. The van der Waals surface area contributed by atoms with Crippen LogP contribution in [0.25, 0.3) is 0 Å². The largest absolute Gasteiger partial charge is 0.329 e. The Labute approximate surface area is 125 Å². The van der Waals surface area contributed by atoms with E-state index in [1.165, 1.54) is 12.1 Å². The van der Waals surface area contributed by atoms with Crippen LogP contribution in [-0.4, -0.2) is 20.5 Å². The zero-order chi connectivity index (χ0) is 14.1. The SMILES string of the molecule is CC(C)(CN)NS(=O)(=O)c1c(Cl)cc(Br)cc1Cl. The van der Waals surface area contributed by atoms with E-state index < -0.39 is 15.6 Å². The van der Waals surface area contributed by atoms with Gasteiger partial charge in [0, 0.05) is 16.6 Å². The molecule has 0 spiro atoms. The van der Waals surface area contributed by atoms with Crippen molar-refractivity contribution in [2.24, 2.45) is 5.73 Å². The molecule has 0 bridgehead atoms. The van der Waals surface area contributed by atoms with Crippen molar-refractivity contribution in [1.29, 1.82) is 0 Å². The van der Waals surface area contributed by atoms with Crippen molar-refractivity contribution in [3.05, 3.63) is 26.7 Å². The molecule has 0 atom stereocenters. The Morgan fingerprint density at radius 3 is 2.17 bits per heavy atom. The normalized spacial score (nSPS) is 12.8. The zero-order valence-electron chi connectivity index (χ0n) is 9.80. The summed E-state index contributed by atoms with van der Waals surface area (Å²) in [6.45, 7) is 3.49. The predicted octanol–water partition coefficient (Wildman–Crippen LogP) is 2.77. The first kappa shape index (κ1) is 16.2. The van der Waals surface area contributed by atoms with Gasteiger partial charge in [-0.3, -0.25) is 0 Å². The third kappa shape index (κ3) is 3.82. The monoisotopic (exact) mass is 374 g/mol. The molecule has 1 rings (SSSR count). The van der Waals surface area contributed by atoms with Gasteiger partial charge in [0.1, 0.15) is 4.90 Å². The van der Waals surface area contributed by atoms with E-state index in [2.05, 4.69) is 20.7 Å². The van der Waals surface area contributed by atoms with Crippen molar-refractivity contribution >= 4 is 49.2 Å². The number of hydrogen-bond acceptors (Lipinski definition) is 3. The highest BCUT2D eigenvalue weighted by molar-refractivity contribution is 9.10. The number of nitrogens with two attached hydrogens (primary N) is 1. The van der Waals surface area contributed by atoms with Crippen molar-refractivity contribution < 1.29 is 8.42 Å². The smallest absolute Gasteiger partial charge is 0.244 e. The second-order valence-electron chi connectivity index (χ2n) is 4.39. The maximum absolute atomic E-state index is 12.2. The van der Waals surface area contributed by atoms with E-state index in [0.717, 1.165) is 0 Å². The summed E-state index contributed by atoms with van der Waals surface area (Å²) in [4.78, 5) is -0.143. The van der Waals surface area contributed by atoms with Gasteiger partial charge in [-0.25, -0.2) is 13.1 Å². The second-order valence-corrected chi connectivity index (χ2v) is 7.74. The third-order valence-electron chi connectivity index (χ3n) is 2.15. The van der Waals surface area contributed by atoms with E-state index in [1.54, 1.807) is 13.8 Å². The van der Waals surface area contributed by atoms with Crippen LogP contribution in [0.3, 0.4) is 0 Å². The van der Waals surface area contributed by atoms with Crippen LogP contribution in [0.5, 0.6) is 0 Å². The topological polar surface area (TPSA) is 72.2 Å². The van der Waals surface area contributed by atoms with Gasteiger partial charge in [0.25, 0.3) is 0 Å². The molecule has 102 valence electrons. The number of hydrogen-bond donors (Lipinski definition) is 2. The maximum atomic E-state index is 12.2. The molecular weight excluding hydrogens is 363 g/mol. The molecule has 0 aliphatic heterocycles. The molecule has 0 saturated carbocycles. The number of sulfonamides is 1. The van der Waals surface area contributed by atoms with Crippen LogP contribution in [0, 0.1) is 0 Å². The Hall–Kier alpha value is 0.150. The fourth-order valence-electron chi connectivity index (χ4n) is 1.24. The van der Waals surface area contributed by atoms with Crippen molar-refractivity contribution in [2.45, 2.75) is 24.3 Å². The van der Waals surface area contributed by atoms with Gasteiger partial charge in [-0.2, -0.15) is 0 Å². The highest BCUT2D eigenvalue weighted by atomic mass is 79.9. The van der Waals surface area contributed by atoms with Gasteiger partial charge >= 0.3 is 0 Å². The Kier molecular flexibility index (Phi) is 5.08. The van der Waals surface area contributed by atoms with Crippen molar-refractivity contribution in [3.8, 4) is 0 Å². The molecule has 4 nitrogen and oxygen atoms in total. The fraction of sp³-hybridized carbons (Fsp3) is 0.400. The van der Waals surface area contributed by atoms with E-state index in [1.807, 2.05) is 0 Å². The van der Waals surface area contributed by atoms with Gasteiger partial charge in [-0.05, 0) is 26.0 Å². The molecular formula is C10H13BrCl2N2O2S. The van der Waals surface area contributed by atoms with Crippen LogP contribution in [0.2, 0.25) is 10.0 Å². The number of rotatable bonds is 4. The van der Waals surface area contributed by atoms with Gasteiger partial charge in [0.2, 0.25) is 10.0 Å². The van der Waals surface area contributed by atoms with Crippen LogP contribution in [0.1, 0.15) is 13.8 Å². The molecule has 1 aromatic carbocycles. The van der Waals surface area contributed by atoms with Crippen LogP contribution in [-0.2, 0) is 10.0 Å². The quantitative estimate of drug-likeness (QED) is 0.849. The molecule has 1 aromatic rings. The standard InChI is InChI=1S/C10H13BrCl2N2O2S/c1-10(2,5-14)15-18(16,17)9-7(12)3-6(11)4-8(9)13/h3-4,15H,5,14H2,1-2H3. The highest BCUT2D eigenvalue weighted by Crippen LogP contribution is 2.33. The molecule has 0 saturated heterocycles. The Balaban J connectivity index is 3.30. The van der Waals surface area contributed by atoms with E-state index in [4.69, 9.17) is 28.9 Å². The van der Waals surface area contributed by atoms with Crippen molar-refractivity contribution in [2.75, 3.05) is 6.54 Å². The van der Waals surface area contributed by atoms with E-state index in [9.17, 15) is 8.42 Å². The predicted molar refractivity (Wildman–Crippen MR) is 77.6 cm³/mol. The van der Waals surface area contributed by atoms with Gasteiger partial charge in [-0.15, -0.1) is 0 Å². The molecule has 0 radical (unpaired) electrons. The zero-order valence-corrected chi connectivity index (χ0v) is 13.7. The van der Waals surface area contributed by atoms with Crippen LogP contribution >= 0.6 is 39.1 Å². The molecule has 0 aliphatic rings. The molecule has 0 aromatic heterocycles. The lowest BCUT2D eigenvalue weighted by molar-refractivity contribution is 0.462. The summed E-state index contributed by atoms with van der Waals surface area (Å²) in [5, 5.41) is 0.101. The fourth-order valence-corrected chi connectivity index (χ4v) is 4.60. The summed E-state index contributed by atoms with van der Waals surface area (Å²) in [7, 11) is -3.82. The average molecular weight is 376 g/mol. The van der Waals surface area contributed by atoms with Crippen LogP contribution in [0.15, 0.2) is 21.5 Å². The highest BCUT2D eigenvalue weighted by Gasteiger charge is 2.28. The van der Waals surface area contributed by atoms with Gasteiger partial charge in [0.05, 0.1) is 10.0 Å². The molecule has 0 aliphatic carbocycles. The van der Waals surface area contributed by atoms with Gasteiger partial charge in [-0.1, -0.05) is 39.1 Å². The Bertz CT molecular complexity index is 538. The third-order valence-corrected chi connectivity index (χ3v) is 5.23. The Morgan fingerprint density at radius 1 is 1.33 bits per heavy atom. The molecule has 8 heteroatoms. The summed E-state index contributed by atoms with van der Waals surface area (Å²) in [6, 6.07) is 2.94. The molecule has 3 N–H and O–H groups in total. The minimum Gasteiger partial charge on any atom is -0.329 e. The maximum Gasteiger partial charge on any atom is 0.244 e. The van der Waals surface area contributed by atoms with Crippen molar-refractivity contribution in [1.82, 2.24) is 4.72 Å². The summed E-state index contributed by atoms with van der Waals surface area (Å²) >= 11 is 15.0. The molecule has 18 heavy (non-hydrogen) atoms. The second kappa shape index (κ2) is 5.64. The van der Waals surface area contributed by atoms with E-state index in [-0.39, 0.29) is 21.5 Å². The number of halogens is 3. The summed E-state index contributed by atoms with van der Waals surface area (Å²) in [6.07, 6.45) is 0. The first-order chi connectivity index (χ1) is 8.09. The minimum atomic E-state index is -3.82. The van der Waals surface area contributed by atoms with Gasteiger partial charge in [0.15, 0.2) is 0 Å². The lowest BCUT2D eigenvalue weighted by Gasteiger charge is -2.24. The number of benzene rings is 1. The minimum absolute atomic E-state index is 0.0506. The summed E-state index contributed by atoms with van der Waals surface area (Å²) in [5.74, 6) is 0. The summed E-state index contributed by atoms with van der Waals surface area (Å²) < 4.78 is 27.5. The molecule has 0 heterocycles. The lowest BCUT2D eigenvalue weighted by atomic mass is 10.1. The molecule has 0 amide bonds. The average Bonchev–Trinajstić information content (AvgIpc) is 2.13. The Morgan fingerprint density at radius 2 is 1.78 bits per heavy atom. The van der Waals surface area contributed by atoms with Crippen molar-refractivity contribution in [3.63, 3.8) is 0 Å². The van der Waals surface area contributed by atoms with Crippen LogP contribution < -0.4 is 10.5 Å².